The molecule has 0 fully saturated rings. The molecular formula is C14H18O10. The second-order valence-corrected chi connectivity index (χ2v) is 5.05. The van der Waals surface area contributed by atoms with E-state index >= 15 is 0 Å². The Morgan fingerprint density at radius 1 is 0.958 bits per heavy atom. The van der Waals surface area contributed by atoms with E-state index in [-0.39, 0.29) is 0 Å². The maximum Gasteiger partial charge on any atom is 0.304 e. The molecule has 0 aromatic carbocycles. The van der Waals surface area contributed by atoms with E-state index in [1.807, 2.05) is 0 Å². The number of aliphatic hydroxyl groups is 3. The molecule has 3 N–H and O–H groups in total. The van der Waals surface area contributed by atoms with Crippen molar-refractivity contribution in [3.8, 4) is 0 Å². The summed E-state index contributed by atoms with van der Waals surface area (Å²) in [5.41, 5.74) is -7.21. The Balaban J connectivity index is 6.95. The molecule has 0 spiro atoms. The molecule has 0 aromatic heterocycles. The van der Waals surface area contributed by atoms with Crippen LogP contribution < -0.4 is 0 Å². The molecule has 24 heavy (non-hydrogen) atoms. The van der Waals surface area contributed by atoms with Gasteiger partial charge in [0.15, 0.2) is 17.3 Å². The number of rotatable bonds is 9. The summed E-state index contributed by atoms with van der Waals surface area (Å²) in [6.07, 6.45) is -2.38. The topological polar surface area (TPSA) is 172 Å². The lowest BCUT2D eigenvalue weighted by Crippen LogP contribution is -2.74. The quantitative estimate of drug-likeness (QED) is 0.226. The molecular weight excluding hydrogens is 328 g/mol. The summed E-state index contributed by atoms with van der Waals surface area (Å²) < 4.78 is 4.52. The lowest BCUT2D eigenvalue weighted by Gasteiger charge is -2.40. The number of esters is 1. The van der Waals surface area contributed by atoms with Gasteiger partial charge in [0.1, 0.15) is 6.10 Å². The largest absolute Gasteiger partial charge is 0.438 e. The van der Waals surface area contributed by atoms with Gasteiger partial charge < -0.3 is 20.1 Å². The van der Waals surface area contributed by atoms with E-state index in [1.54, 1.807) is 0 Å². The third-order valence-electron chi connectivity index (χ3n) is 3.28. The molecule has 0 aliphatic heterocycles. The van der Waals surface area contributed by atoms with Crippen molar-refractivity contribution < 1.29 is 48.8 Å². The van der Waals surface area contributed by atoms with E-state index in [9.17, 15) is 39.0 Å². The van der Waals surface area contributed by atoms with Crippen LogP contribution in [0, 0.1) is 0 Å². The van der Waals surface area contributed by atoms with Crippen molar-refractivity contribution >= 4 is 34.9 Å². The van der Waals surface area contributed by atoms with Crippen LogP contribution in [-0.2, 0) is 33.5 Å². The Morgan fingerprint density at radius 3 is 1.67 bits per heavy atom. The lowest BCUT2D eigenvalue weighted by atomic mass is 9.69. The van der Waals surface area contributed by atoms with E-state index in [4.69, 9.17) is 5.11 Å². The number of ether oxygens (including phenoxy) is 1. The first-order chi connectivity index (χ1) is 10.8. The number of aliphatic hydroxyl groups excluding tert-OH is 2. The van der Waals surface area contributed by atoms with Crippen molar-refractivity contribution in [2.45, 2.75) is 45.0 Å². The summed E-state index contributed by atoms with van der Waals surface area (Å²) in [6, 6.07) is 0. The second kappa shape index (κ2) is 7.51. The first-order valence-corrected chi connectivity index (χ1v) is 6.63. The molecule has 0 aliphatic rings. The molecule has 0 saturated heterocycles. The van der Waals surface area contributed by atoms with Gasteiger partial charge in [-0.1, -0.05) is 0 Å². The van der Waals surface area contributed by atoms with E-state index in [1.165, 1.54) is 0 Å². The number of hydrogen-bond donors (Lipinski definition) is 3. The van der Waals surface area contributed by atoms with Crippen LogP contribution in [0.3, 0.4) is 0 Å². The molecule has 0 aromatic rings. The highest BCUT2D eigenvalue weighted by atomic mass is 16.6. The van der Waals surface area contributed by atoms with E-state index in [0.29, 0.717) is 27.7 Å². The summed E-state index contributed by atoms with van der Waals surface area (Å²) in [6.45, 7) is 1.29. The predicted octanol–water partition coefficient (Wildman–Crippen LogP) is -2.72. The molecule has 3 atom stereocenters. The summed E-state index contributed by atoms with van der Waals surface area (Å²) in [5, 5.41) is 28.9. The SMILES string of the molecule is CC(=O)O[C@@](C(C)=O)(C(=O)C(C)=O)[C@](O)(C(C)=O)C(=O)[C@H](O)CO. The minimum atomic E-state index is -3.70. The zero-order valence-corrected chi connectivity index (χ0v) is 13.5. The van der Waals surface area contributed by atoms with Crippen molar-refractivity contribution in [2.75, 3.05) is 6.61 Å². The van der Waals surface area contributed by atoms with Crippen molar-refractivity contribution in [3.05, 3.63) is 0 Å². The smallest absolute Gasteiger partial charge is 0.304 e. The Hall–Kier alpha value is -2.30. The van der Waals surface area contributed by atoms with Crippen molar-refractivity contribution in [1.29, 1.82) is 0 Å². The molecule has 0 rings (SSSR count). The number of carbonyl (C=O) groups is 6. The number of ketones is 5. The van der Waals surface area contributed by atoms with Crippen LogP contribution in [0.2, 0.25) is 0 Å². The Morgan fingerprint density at radius 2 is 1.42 bits per heavy atom. The second-order valence-electron chi connectivity index (χ2n) is 5.05. The normalized spacial score (nSPS) is 17.0. The van der Waals surface area contributed by atoms with Gasteiger partial charge >= 0.3 is 5.97 Å². The Bertz CT molecular complexity index is 607. The number of Topliss-reactive ketones (excluding diaryl/α,β-unsaturated/α-hetero) is 5. The van der Waals surface area contributed by atoms with Gasteiger partial charge in [-0.15, -0.1) is 0 Å². The zero-order valence-electron chi connectivity index (χ0n) is 13.5. The molecule has 0 unspecified atom stereocenters. The summed E-state index contributed by atoms with van der Waals surface area (Å²) >= 11 is 0. The van der Waals surface area contributed by atoms with Crippen LogP contribution in [0.15, 0.2) is 0 Å². The molecule has 10 nitrogen and oxygen atoms in total. The third kappa shape index (κ3) is 3.30. The summed E-state index contributed by atoms with van der Waals surface area (Å²) in [5.74, 6) is -9.49. The fourth-order valence-electron chi connectivity index (χ4n) is 2.15. The molecule has 0 bridgehead atoms. The van der Waals surface area contributed by atoms with Gasteiger partial charge in [0, 0.05) is 13.8 Å². The average Bonchev–Trinajstić information content (AvgIpc) is 2.48. The van der Waals surface area contributed by atoms with Gasteiger partial charge in [0.05, 0.1) is 6.61 Å². The highest BCUT2D eigenvalue weighted by Crippen LogP contribution is 2.33. The average molecular weight is 346 g/mol. The maximum absolute atomic E-state index is 12.3. The van der Waals surface area contributed by atoms with E-state index in [2.05, 4.69) is 4.74 Å². The van der Waals surface area contributed by atoms with Gasteiger partial charge in [-0.3, -0.25) is 28.8 Å². The molecule has 134 valence electrons. The first-order valence-electron chi connectivity index (χ1n) is 6.63. The van der Waals surface area contributed by atoms with Crippen LogP contribution in [0.1, 0.15) is 27.7 Å². The molecule has 0 radical (unpaired) electrons. The third-order valence-corrected chi connectivity index (χ3v) is 3.28. The number of carbonyl (C=O) groups excluding carboxylic acids is 6. The van der Waals surface area contributed by atoms with Gasteiger partial charge in [0.2, 0.25) is 11.4 Å². The van der Waals surface area contributed by atoms with Crippen LogP contribution in [-0.4, -0.2) is 74.1 Å². The monoisotopic (exact) mass is 346 g/mol. The zero-order chi connectivity index (χ0) is 19.5. The Labute approximate surface area is 136 Å². The molecule has 0 amide bonds. The van der Waals surface area contributed by atoms with Gasteiger partial charge in [0.25, 0.3) is 11.4 Å². The maximum atomic E-state index is 12.3. The highest BCUT2D eigenvalue weighted by Gasteiger charge is 2.70. The van der Waals surface area contributed by atoms with E-state index in [0.717, 1.165) is 0 Å². The highest BCUT2D eigenvalue weighted by molar-refractivity contribution is 6.47. The van der Waals surface area contributed by atoms with Crippen LogP contribution in [0.25, 0.3) is 0 Å². The molecule has 0 saturated carbocycles. The van der Waals surface area contributed by atoms with Gasteiger partial charge in [-0.05, 0) is 13.8 Å². The Kier molecular flexibility index (Phi) is 6.79. The fourth-order valence-corrected chi connectivity index (χ4v) is 2.15. The summed E-state index contributed by atoms with van der Waals surface area (Å²) in [4.78, 5) is 71.2. The molecule has 0 heterocycles. The minimum Gasteiger partial charge on any atom is -0.438 e. The first kappa shape index (κ1) is 21.7. The standard InChI is InChI=1S/C14H18O10/c1-6(16)11(21)14(8(3)18,24-9(4)19)13(23,7(2)17)12(22)10(20)5-15/h10,15,20,23H,5H2,1-4H3/t10-,13+,14+/m1/s1. The van der Waals surface area contributed by atoms with Crippen molar-refractivity contribution in [3.63, 3.8) is 0 Å². The summed E-state index contributed by atoms with van der Waals surface area (Å²) in [7, 11) is 0. The van der Waals surface area contributed by atoms with Crippen LogP contribution in [0.5, 0.6) is 0 Å². The van der Waals surface area contributed by atoms with Crippen molar-refractivity contribution in [1.82, 2.24) is 0 Å². The fraction of sp³-hybridized carbons (Fsp3) is 0.571. The van der Waals surface area contributed by atoms with E-state index < -0.39 is 58.8 Å². The molecule has 0 aliphatic carbocycles. The lowest BCUT2D eigenvalue weighted by molar-refractivity contribution is -0.204. The molecule has 10 heteroatoms. The predicted molar refractivity (Wildman–Crippen MR) is 74.6 cm³/mol. The van der Waals surface area contributed by atoms with Crippen LogP contribution in [0.4, 0.5) is 0 Å². The van der Waals surface area contributed by atoms with Crippen molar-refractivity contribution in [2.24, 2.45) is 0 Å². The van der Waals surface area contributed by atoms with Crippen LogP contribution >= 0.6 is 0 Å². The van der Waals surface area contributed by atoms with Gasteiger partial charge in [-0.2, -0.15) is 0 Å². The number of hydrogen-bond acceptors (Lipinski definition) is 10. The van der Waals surface area contributed by atoms with Gasteiger partial charge in [-0.25, -0.2) is 0 Å². The minimum absolute atomic E-state index is 0.580.